The van der Waals surface area contributed by atoms with E-state index in [1.165, 1.54) is 24.5 Å². The van der Waals surface area contributed by atoms with E-state index >= 15 is 0 Å². The molecular formula is C23H16F3N5O3S2. The van der Waals surface area contributed by atoms with Crippen LogP contribution in [0.3, 0.4) is 0 Å². The van der Waals surface area contributed by atoms with Crippen molar-refractivity contribution in [1.82, 2.24) is 24.1 Å². The van der Waals surface area contributed by atoms with E-state index in [2.05, 4.69) is 20.1 Å². The zero-order valence-corrected chi connectivity index (χ0v) is 20.3. The summed E-state index contributed by atoms with van der Waals surface area (Å²) in [6, 6.07) is 10.6. The summed E-state index contributed by atoms with van der Waals surface area (Å²) >= 11 is 1.07. The Labute approximate surface area is 207 Å². The lowest BCUT2D eigenvalue weighted by molar-refractivity contribution is -0.137. The summed E-state index contributed by atoms with van der Waals surface area (Å²) < 4.78 is 74.8. The van der Waals surface area contributed by atoms with Gasteiger partial charge in [-0.1, -0.05) is 35.1 Å². The molecule has 4 aromatic heterocycles. The average Bonchev–Trinajstić information content (AvgIpc) is 3.47. The van der Waals surface area contributed by atoms with E-state index in [-0.39, 0.29) is 26.6 Å². The maximum absolute atomic E-state index is 13.9. The molecule has 8 nitrogen and oxygen atoms in total. The van der Waals surface area contributed by atoms with Gasteiger partial charge in [-0.25, -0.2) is 27.3 Å². The first-order chi connectivity index (χ1) is 17.1. The van der Waals surface area contributed by atoms with Crippen molar-refractivity contribution in [1.29, 1.82) is 0 Å². The van der Waals surface area contributed by atoms with E-state index in [0.717, 1.165) is 21.9 Å². The van der Waals surface area contributed by atoms with Crippen molar-refractivity contribution >= 4 is 32.8 Å². The number of nitrogens with zero attached hydrogens (tertiary/aromatic N) is 5. The van der Waals surface area contributed by atoms with Gasteiger partial charge in [0.15, 0.2) is 10.8 Å². The highest BCUT2D eigenvalue weighted by Gasteiger charge is 2.37. The second-order valence-electron chi connectivity index (χ2n) is 7.65. The molecule has 0 aliphatic carbocycles. The monoisotopic (exact) mass is 531 g/mol. The fourth-order valence-corrected chi connectivity index (χ4v) is 5.40. The van der Waals surface area contributed by atoms with Crippen LogP contribution < -0.4 is 0 Å². The fourth-order valence-electron chi connectivity index (χ4n) is 3.72. The van der Waals surface area contributed by atoms with Gasteiger partial charge in [-0.3, -0.25) is 0 Å². The SMILES string of the molecule is CSc1ncc(C(F)(F)F)c(-c2cn(S(=O)(=O)c3ccccc3)c3nc(-c4conc4C)ccc23)n1. The van der Waals surface area contributed by atoms with E-state index in [1.54, 1.807) is 37.4 Å². The van der Waals surface area contributed by atoms with Gasteiger partial charge in [0.05, 0.1) is 27.5 Å². The van der Waals surface area contributed by atoms with Crippen LogP contribution in [-0.2, 0) is 16.2 Å². The van der Waals surface area contributed by atoms with Gasteiger partial charge in [0, 0.05) is 23.3 Å². The maximum atomic E-state index is 13.9. The first-order valence-electron chi connectivity index (χ1n) is 10.3. The number of aryl methyl sites for hydroxylation is 1. The molecule has 184 valence electrons. The van der Waals surface area contributed by atoms with Crippen molar-refractivity contribution in [2.75, 3.05) is 6.26 Å². The zero-order chi connectivity index (χ0) is 25.7. The minimum atomic E-state index is -4.77. The highest BCUT2D eigenvalue weighted by atomic mass is 32.2. The molecular weight excluding hydrogens is 515 g/mol. The minimum absolute atomic E-state index is 0.0457. The molecule has 0 fully saturated rings. The molecule has 0 bridgehead atoms. The lowest BCUT2D eigenvalue weighted by Crippen LogP contribution is -2.12. The third kappa shape index (κ3) is 4.03. The van der Waals surface area contributed by atoms with Crippen LogP contribution in [0.1, 0.15) is 11.3 Å². The Morgan fingerprint density at radius 3 is 2.42 bits per heavy atom. The molecule has 0 N–H and O–H groups in total. The van der Waals surface area contributed by atoms with Gasteiger partial charge in [0.1, 0.15) is 11.8 Å². The Kier molecular flexibility index (Phi) is 5.83. The second kappa shape index (κ2) is 8.75. The van der Waals surface area contributed by atoms with Gasteiger partial charge < -0.3 is 4.52 Å². The van der Waals surface area contributed by atoms with Crippen LogP contribution in [0.4, 0.5) is 13.2 Å². The number of hydrogen-bond acceptors (Lipinski definition) is 8. The van der Waals surface area contributed by atoms with Gasteiger partial charge in [0.25, 0.3) is 10.0 Å². The largest absolute Gasteiger partial charge is 0.419 e. The number of halogens is 3. The number of fused-ring (bicyclic) bond motifs is 1. The predicted octanol–water partition coefficient (Wildman–Crippen LogP) is 5.43. The lowest BCUT2D eigenvalue weighted by Gasteiger charge is -2.11. The quantitative estimate of drug-likeness (QED) is 0.218. The van der Waals surface area contributed by atoms with E-state index in [1.807, 2.05) is 0 Å². The van der Waals surface area contributed by atoms with E-state index in [0.29, 0.717) is 23.1 Å². The highest BCUT2D eigenvalue weighted by Crippen LogP contribution is 2.40. The van der Waals surface area contributed by atoms with Gasteiger partial charge in [0.2, 0.25) is 0 Å². The number of thioether (sulfide) groups is 1. The van der Waals surface area contributed by atoms with Crippen LogP contribution in [-0.4, -0.2) is 38.8 Å². The van der Waals surface area contributed by atoms with Crippen molar-refractivity contribution in [3.63, 3.8) is 0 Å². The third-order valence-electron chi connectivity index (χ3n) is 5.46. The first-order valence-corrected chi connectivity index (χ1v) is 13.0. The standard InChI is InChI=1S/C23H16F3N5O3S2/c1-13-17(12-34-30-13)19-9-8-15-16(20-18(23(24,25)26)10-27-22(29-20)35-2)11-31(21(15)28-19)36(32,33)14-6-4-3-5-7-14/h3-12H,1-2H3. The molecule has 0 unspecified atom stereocenters. The summed E-state index contributed by atoms with van der Waals surface area (Å²) in [5, 5.41) is 4.09. The summed E-state index contributed by atoms with van der Waals surface area (Å²) in [6.07, 6.45) is 0.0359. The molecule has 13 heteroatoms. The summed E-state index contributed by atoms with van der Waals surface area (Å²) in [4.78, 5) is 12.3. The Hall–Kier alpha value is -3.71. The van der Waals surface area contributed by atoms with Crippen LogP contribution in [0.25, 0.3) is 33.5 Å². The Bertz CT molecular complexity index is 1700. The van der Waals surface area contributed by atoms with Gasteiger partial charge in [-0.15, -0.1) is 0 Å². The van der Waals surface area contributed by atoms with Crippen molar-refractivity contribution in [2.45, 2.75) is 23.2 Å². The van der Waals surface area contributed by atoms with Crippen LogP contribution >= 0.6 is 11.8 Å². The maximum Gasteiger partial charge on any atom is 0.419 e. The smallest absolute Gasteiger partial charge is 0.364 e. The molecule has 5 rings (SSSR count). The highest BCUT2D eigenvalue weighted by molar-refractivity contribution is 7.98. The molecule has 0 radical (unpaired) electrons. The van der Waals surface area contributed by atoms with Gasteiger partial charge in [-0.05, 0) is 37.4 Å². The Morgan fingerprint density at radius 1 is 1.03 bits per heavy atom. The third-order valence-corrected chi connectivity index (χ3v) is 7.68. The second-order valence-corrected chi connectivity index (χ2v) is 10.2. The molecule has 0 amide bonds. The molecule has 4 heterocycles. The van der Waals surface area contributed by atoms with Crippen LogP contribution in [0, 0.1) is 6.92 Å². The topological polar surface area (TPSA) is 104 Å². The molecule has 0 saturated heterocycles. The van der Waals surface area contributed by atoms with Gasteiger partial charge >= 0.3 is 6.18 Å². The molecule has 0 aliphatic heterocycles. The Morgan fingerprint density at radius 2 is 1.78 bits per heavy atom. The van der Waals surface area contributed by atoms with E-state index < -0.39 is 27.5 Å². The number of hydrogen-bond donors (Lipinski definition) is 0. The van der Waals surface area contributed by atoms with Gasteiger partial charge in [-0.2, -0.15) is 13.2 Å². The van der Waals surface area contributed by atoms with Crippen molar-refractivity contribution in [3.8, 4) is 22.5 Å². The van der Waals surface area contributed by atoms with Crippen molar-refractivity contribution in [3.05, 3.63) is 72.4 Å². The summed E-state index contributed by atoms with van der Waals surface area (Å²) in [7, 11) is -4.23. The Balaban J connectivity index is 1.86. The van der Waals surface area contributed by atoms with E-state index in [4.69, 9.17) is 4.52 Å². The number of benzene rings is 1. The summed E-state index contributed by atoms with van der Waals surface area (Å²) in [6.45, 7) is 1.69. The molecule has 0 atom stereocenters. The molecule has 36 heavy (non-hydrogen) atoms. The number of rotatable bonds is 5. The number of alkyl halides is 3. The number of pyridine rings is 1. The normalized spacial score (nSPS) is 12.4. The van der Waals surface area contributed by atoms with E-state index in [9.17, 15) is 21.6 Å². The molecule has 0 spiro atoms. The number of aromatic nitrogens is 5. The zero-order valence-electron chi connectivity index (χ0n) is 18.7. The first kappa shape index (κ1) is 24.0. The molecule has 0 saturated carbocycles. The molecule has 1 aromatic carbocycles. The summed E-state index contributed by atoms with van der Waals surface area (Å²) in [5.41, 5.74) is -0.254. The average molecular weight is 532 g/mol. The van der Waals surface area contributed by atoms with Crippen LogP contribution in [0.2, 0.25) is 0 Å². The molecule has 5 aromatic rings. The predicted molar refractivity (Wildman–Crippen MR) is 127 cm³/mol. The van der Waals surface area contributed by atoms with Crippen LogP contribution in [0.15, 0.2) is 75.7 Å². The van der Waals surface area contributed by atoms with Crippen LogP contribution in [0.5, 0.6) is 0 Å². The van der Waals surface area contributed by atoms with Crippen molar-refractivity contribution in [2.24, 2.45) is 0 Å². The fraction of sp³-hybridized carbons (Fsp3) is 0.130. The summed E-state index contributed by atoms with van der Waals surface area (Å²) in [5.74, 6) is 0. The van der Waals surface area contributed by atoms with Crippen molar-refractivity contribution < 1.29 is 26.1 Å². The minimum Gasteiger partial charge on any atom is -0.364 e. The molecule has 0 aliphatic rings. The lowest BCUT2D eigenvalue weighted by atomic mass is 10.1.